The second kappa shape index (κ2) is 7.89. The van der Waals surface area contributed by atoms with Crippen molar-refractivity contribution in [3.8, 4) is 11.4 Å². The van der Waals surface area contributed by atoms with Crippen molar-refractivity contribution in [1.29, 1.82) is 0 Å². The largest absolute Gasteiger partial charge is 0.497 e. The second-order valence-electron chi connectivity index (χ2n) is 9.83. The molecular formula is C27H31N3O4. The molecule has 3 N–H and O–H groups in total. The van der Waals surface area contributed by atoms with Crippen molar-refractivity contribution in [1.82, 2.24) is 9.78 Å². The van der Waals surface area contributed by atoms with Crippen LogP contribution in [0.4, 0.5) is 5.69 Å². The number of benzene rings is 2. The zero-order valence-electron chi connectivity index (χ0n) is 20.1. The molecule has 5 rings (SSSR count). The first kappa shape index (κ1) is 22.5. The maximum atomic E-state index is 13.3. The first-order chi connectivity index (χ1) is 16.2. The lowest BCUT2D eigenvalue weighted by molar-refractivity contribution is -0.0952. The van der Waals surface area contributed by atoms with Gasteiger partial charge in [-0.05, 0) is 42.8 Å². The molecule has 2 aliphatic rings. The topological polar surface area (TPSA) is 90.7 Å². The summed E-state index contributed by atoms with van der Waals surface area (Å²) in [5.41, 5.74) is 4.60. The number of rotatable bonds is 4. The van der Waals surface area contributed by atoms with Crippen LogP contribution >= 0.6 is 0 Å². The Bertz CT molecular complexity index is 1310. The summed E-state index contributed by atoms with van der Waals surface area (Å²) in [6, 6.07) is 15.4. The Morgan fingerprint density at radius 2 is 1.71 bits per heavy atom. The number of fused-ring (bicyclic) bond motifs is 1. The quantitative estimate of drug-likeness (QED) is 0.555. The molecule has 0 saturated heterocycles. The van der Waals surface area contributed by atoms with Crippen LogP contribution < -0.4 is 15.2 Å². The lowest BCUT2D eigenvalue weighted by Crippen LogP contribution is -2.54. The SMILES string of the molecule is COc1ccc(-n2[nH]c(C)c(C3C(O)C(/C=C4/N(C)c5ccccc5C4(C)C)C3O)c2=O)cc1. The number of aromatic nitrogens is 2. The number of H-pyrrole nitrogens is 1. The number of allylic oxidation sites excluding steroid dienone is 1. The molecule has 34 heavy (non-hydrogen) atoms. The van der Waals surface area contributed by atoms with Crippen LogP contribution in [-0.4, -0.2) is 46.4 Å². The van der Waals surface area contributed by atoms with E-state index >= 15 is 0 Å². The number of hydrogen-bond acceptors (Lipinski definition) is 5. The first-order valence-corrected chi connectivity index (χ1v) is 11.5. The van der Waals surface area contributed by atoms with Crippen molar-refractivity contribution < 1.29 is 14.9 Å². The molecule has 1 aromatic heterocycles. The highest BCUT2D eigenvalue weighted by atomic mass is 16.5. The van der Waals surface area contributed by atoms with Gasteiger partial charge in [-0.15, -0.1) is 0 Å². The molecule has 0 bridgehead atoms. The van der Waals surface area contributed by atoms with E-state index < -0.39 is 24.0 Å². The highest BCUT2D eigenvalue weighted by molar-refractivity contribution is 5.69. The van der Waals surface area contributed by atoms with E-state index in [4.69, 9.17) is 4.74 Å². The Morgan fingerprint density at radius 1 is 1.06 bits per heavy atom. The number of ether oxygens (including phenoxy) is 1. The van der Waals surface area contributed by atoms with E-state index in [1.54, 1.807) is 38.3 Å². The minimum atomic E-state index is -0.859. The van der Waals surface area contributed by atoms with Gasteiger partial charge in [0.15, 0.2) is 0 Å². The molecule has 0 spiro atoms. The molecule has 2 aromatic carbocycles. The number of hydrogen-bond donors (Lipinski definition) is 3. The van der Waals surface area contributed by atoms with Gasteiger partial charge in [0.05, 0.1) is 25.0 Å². The van der Waals surface area contributed by atoms with Gasteiger partial charge in [0, 0.05) is 46.9 Å². The number of anilines is 1. The average Bonchev–Trinajstić information content (AvgIpc) is 3.22. The van der Waals surface area contributed by atoms with E-state index in [1.807, 2.05) is 25.3 Å². The van der Waals surface area contributed by atoms with Crippen molar-refractivity contribution in [3.63, 3.8) is 0 Å². The van der Waals surface area contributed by atoms with Gasteiger partial charge in [-0.25, -0.2) is 4.68 Å². The van der Waals surface area contributed by atoms with Gasteiger partial charge in [-0.2, -0.15) is 0 Å². The molecule has 2 heterocycles. The van der Waals surface area contributed by atoms with Gasteiger partial charge in [-0.1, -0.05) is 38.1 Å². The van der Waals surface area contributed by atoms with Gasteiger partial charge in [0.1, 0.15) is 5.75 Å². The summed E-state index contributed by atoms with van der Waals surface area (Å²) >= 11 is 0. The minimum Gasteiger partial charge on any atom is -0.497 e. The summed E-state index contributed by atoms with van der Waals surface area (Å²) in [5.74, 6) is -0.413. The highest BCUT2D eigenvalue weighted by Gasteiger charge is 2.52. The summed E-state index contributed by atoms with van der Waals surface area (Å²) in [5, 5.41) is 25.3. The summed E-state index contributed by atoms with van der Waals surface area (Å²) in [7, 11) is 3.60. The van der Waals surface area contributed by atoms with Gasteiger partial charge < -0.3 is 19.8 Å². The van der Waals surface area contributed by atoms with E-state index in [2.05, 4.69) is 36.0 Å². The molecule has 3 aromatic rings. The number of nitrogens with one attached hydrogen (secondary N) is 1. The van der Waals surface area contributed by atoms with E-state index in [9.17, 15) is 15.0 Å². The third-order valence-electron chi connectivity index (χ3n) is 7.60. The van der Waals surface area contributed by atoms with Crippen molar-refractivity contribution >= 4 is 5.69 Å². The fourth-order valence-electron chi connectivity index (χ4n) is 5.63. The Morgan fingerprint density at radius 3 is 2.32 bits per heavy atom. The second-order valence-corrected chi connectivity index (χ2v) is 9.83. The van der Waals surface area contributed by atoms with E-state index in [0.717, 1.165) is 11.4 Å². The number of nitrogens with zero attached hydrogens (tertiary/aromatic N) is 2. The van der Waals surface area contributed by atoms with Crippen LogP contribution in [0.2, 0.25) is 0 Å². The van der Waals surface area contributed by atoms with E-state index in [0.29, 0.717) is 22.7 Å². The van der Waals surface area contributed by atoms with Crippen LogP contribution in [0.3, 0.4) is 0 Å². The Kier molecular flexibility index (Phi) is 5.22. The molecular weight excluding hydrogens is 430 g/mol. The first-order valence-electron chi connectivity index (χ1n) is 11.5. The molecule has 178 valence electrons. The number of aliphatic hydroxyl groups is 2. The van der Waals surface area contributed by atoms with Crippen LogP contribution in [0.1, 0.15) is 36.6 Å². The van der Waals surface area contributed by atoms with Crippen LogP contribution in [0.5, 0.6) is 5.75 Å². The number of aliphatic hydroxyl groups excluding tert-OH is 2. The monoisotopic (exact) mass is 461 g/mol. The summed E-state index contributed by atoms with van der Waals surface area (Å²) in [6.45, 7) is 6.10. The zero-order chi connectivity index (χ0) is 24.4. The standard InChI is InChI=1S/C27H31N3O4/c1-15-22(26(33)30(28-15)16-10-12-17(34-5)13-11-16)23-24(31)18(25(23)32)14-21-27(2,3)19-8-6-7-9-20(19)29(21)4/h6-14,18,23-25,28,31-32H,1-5H3/b21-14+. The number of aromatic amines is 1. The normalized spacial score (nSPS) is 26.4. The smallest absolute Gasteiger partial charge is 0.275 e. The number of likely N-dealkylation sites (N-methyl/N-ethyl adjacent to an activating group) is 1. The maximum absolute atomic E-state index is 13.3. The summed E-state index contributed by atoms with van der Waals surface area (Å²) in [4.78, 5) is 15.4. The lowest BCUT2D eigenvalue weighted by Gasteiger charge is -2.45. The predicted molar refractivity (Wildman–Crippen MR) is 132 cm³/mol. The van der Waals surface area contributed by atoms with Crippen molar-refractivity contribution in [3.05, 3.63) is 87.5 Å². The van der Waals surface area contributed by atoms with Gasteiger partial charge in [-0.3, -0.25) is 9.89 Å². The Labute approximate surface area is 198 Å². The van der Waals surface area contributed by atoms with Crippen LogP contribution in [0.15, 0.2) is 65.1 Å². The molecule has 1 saturated carbocycles. The molecule has 1 aliphatic heterocycles. The fraction of sp³-hybridized carbons (Fsp3) is 0.370. The third kappa shape index (κ3) is 3.15. The van der Waals surface area contributed by atoms with Gasteiger partial charge >= 0.3 is 0 Å². The van der Waals surface area contributed by atoms with Crippen molar-refractivity contribution in [2.45, 2.75) is 44.3 Å². The van der Waals surface area contributed by atoms with Gasteiger partial charge in [0.2, 0.25) is 0 Å². The predicted octanol–water partition coefficient (Wildman–Crippen LogP) is 3.23. The molecule has 2 unspecified atom stereocenters. The van der Waals surface area contributed by atoms with Crippen molar-refractivity contribution in [2.75, 3.05) is 19.1 Å². The average molecular weight is 462 g/mol. The molecule has 1 fully saturated rings. The number of aryl methyl sites for hydroxylation is 1. The third-order valence-corrected chi connectivity index (χ3v) is 7.60. The zero-order valence-corrected chi connectivity index (χ0v) is 20.1. The number of para-hydroxylation sites is 1. The number of methoxy groups -OCH3 is 1. The highest BCUT2D eigenvalue weighted by Crippen LogP contribution is 2.50. The molecule has 0 radical (unpaired) electrons. The van der Waals surface area contributed by atoms with Crippen LogP contribution in [-0.2, 0) is 5.41 Å². The molecule has 1 aliphatic carbocycles. The fourth-order valence-corrected chi connectivity index (χ4v) is 5.63. The summed E-state index contributed by atoms with van der Waals surface area (Å²) < 4.78 is 6.64. The molecule has 0 amide bonds. The Hall–Kier alpha value is -3.29. The summed E-state index contributed by atoms with van der Waals surface area (Å²) in [6.07, 6.45) is 0.263. The maximum Gasteiger partial charge on any atom is 0.275 e. The minimum absolute atomic E-state index is 0.249. The van der Waals surface area contributed by atoms with Crippen molar-refractivity contribution in [2.24, 2.45) is 5.92 Å². The molecule has 2 atom stereocenters. The Balaban J connectivity index is 1.45. The van der Waals surface area contributed by atoms with E-state index in [-0.39, 0.29) is 11.0 Å². The van der Waals surface area contributed by atoms with E-state index in [1.165, 1.54) is 10.2 Å². The molecule has 7 heteroatoms. The van der Waals surface area contributed by atoms with Gasteiger partial charge in [0.25, 0.3) is 5.56 Å². The lowest BCUT2D eigenvalue weighted by atomic mass is 9.65. The van der Waals surface area contributed by atoms with Crippen LogP contribution in [0.25, 0.3) is 5.69 Å². The molecule has 7 nitrogen and oxygen atoms in total. The van der Waals surface area contributed by atoms with Crippen LogP contribution in [0, 0.1) is 12.8 Å².